The average molecular weight is 232 g/mol. The molecule has 3 heteroatoms. The van der Waals surface area contributed by atoms with Gasteiger partial charge in [-0.3, -0.25) is 0 Å². The predicted octanol–water partition coefficient (Wildman–Crippen LogP) is 1.16. The maximum absolute atomic E-state index is 10.2. The number of benzene rings is 1. The number of fused-ring (bicyclic) bond motifs is 1. The molecule has 2 aliphatic heterocycles. The number of aliphatic hydroxyl groups excluding tert-OH is 1. The monoisotopic (exact) mass is 232 g/mol. The van der Waals surface area contributed by atoms with Crippen LogP contribution in [0.5, 0.6) is 0 Å². The van der Waals surface area contributed by atoms with Crippen molar-refractivity contribution in [1.29, 1.82) is 0 Å². The number of anilines is 1. The van der Waals surface area contributed by atoms with Crippen LogP contribution in [-0.4, -0.2) is 36.9 Å². The molecule has 0 spiro atoms. The first-order valence-electron chi connectivity index (χ1n) is 6.59. The Morgan fingerprint density at radius 1 is 1.29 bits per heavy atom. The zero-order chi connectivity index (χ0) is 11.7. The summed E-state index contributed by atoms with van der Waals surface area (Å²) in [5, 5.41) is 13.6. The van der Waals surface area contributed by atoms with E-state index < -0.39 is 0 Å². The topological polar surface area (TPSA) is 35.5 Å². The molecule has 0 aliphatic carbocycles. The highest BCUT2D eigenvalue weighted by Gasteiger charge is 2.30. The maximum atomic E-state index is 10.2. The number of rotatable bonds is 1. The molecule has 0 aromatic heterocycles. The summed E-state index contributed by atoms with van der Waals surface area (Å²) in [6, 6.07) is 8.85. The molecular formula is C14H20N2O. The Hall–Kier alpha value is -1.06. The third-order valence-corrected chi connectivity index (χ3v) is 3.96. The molecule has 2 N–H and O–H groups in total. The van der Waals surface area contributed by atoms with Crippen LogP contribution in [0.25, 0.3) is 0 Å². The van der Waals surface area contributed by atoms with Crippen LogP contribution in [0.3, 0.4) is 0 Å². The van der Waals surface area contributed by atoms with Crippen molar-refractivity contribution in [1.82, 2.24) is 5.32 Å². The summed E-state index contributed by atoms with van der Waals surface area (Å²) >= 11 is 0. The fraction of sp³-hybridized carbons (Fsp3) is 0.571. The van der Waals surface area contributed by atoms with Crippen molar-refractivity contribution in [2.75, 3.05) is 24.5 Å². The third-order valence-electron chi connectivity index (χ3n) is 3.96. The molecule has 1 saturated heterocycles. The highest BCUT2D eigenvalue weighted by molar-refractivity contribution is 5.56. The lowest BCUT2D eigenvalue weighted by Crippen LogP contribution is -2.55. The van der Waals surface area contributed by atoms with Crippen LogP contribution in [0.1, 0.15) is 18.4 Å². The Labute approximate surface area is 102 Å². The van der Waals surface area contributed by atoms with E-state index in [1.54, 1.807) is 0 Å². The Kier molecular flexibility index (Phi) is 3.04. The van der Waals surface area contributed by atoms with E-state index in [0.29, 0.717) is 0 Å². The molecule has 1 aromatic carbocycles. The lowest BCUT2D eigenvalue weighted by molar-refractivity contribution is 0.111. The van der Waals surface area contributed by atoms with Crippen LogP contribution >= 0.6 is 0 Å². The van der Waals surface area contributed by atoms with Gasteiger partial charge in [-0.25, -0.2) is 0 Å². The number of hydrogen-bond acceptors (Lipinski definition) is 3. The van der Waals surface area contributed by atoms with Gasteiger partial charge in [0.1, 0.15) is 0 Å². The van der Waals surface area contributed by atoms with E-state index >= 15 is 0 Å². The molecular weight excluding hydrogens is 212 g/mol. The van der Waals surface area contributed by atoms with Gasteiger partial charge in [-0.1, -0.05) is 18.2 Å². The molecule has 2 aliphatic rings. The minimum Gasteiger partial charge on any atom is -0.391 e. The average Bonchev–Trinajstić information content (AvgIpc) is 2.39. The normalized spacial score (nSPS) is 28.9. The Morgan fingerprint density at radius 3 is 3.06 bits per heavy atom. The van der Waals surface area contributed by atoms with Crippen molar-refractivity contribution in [2.45, 2.75) is 31.4 Å². The lowest BCUT2D eigenvalue weighted by Gasteiger charge is -2.42. The number of nitrogens with zero attached hydrogens (tertiary/aromatic N) is 1. The van der Waals surface area contributed by atoms with E-state index in [1.807, 2.05) is 0 Å². The maximum Gasteiger partial charge on any atom is 0.0767 e. The molecule has 2 atom stereocenters. The van der Waals surface area contributed by atoms with Crippen LogP contribution in [0.15, 0.2) is 24.3 Å². The zero-order valence-electron chi connectivity index (χ0n) is 10.1. The zero-order valence-corrected chi connectivity index (χ0v) is 10.1. The summed E-state index contributed by atoms with van der Waals surface area (Å²) in [5.41, 5.74) is 2.75. The second kappa shape index (κ2) is 4.67. The van der Waals surface area contributed by atoms with Crippen molar-refractivity contribution in [3.63, 3.8) is 0 Å². The van der Waals surface area contributed by atoms with E-state index in [1.165, 1.54) is 24.1 Å². The van der Waals surface area contributed by atoms with E-state index in [4.69, 9.17) is 0 Å². The smallest absolute Gasteiger partial charge is 0.0767 e. The molecule has 17 heavy (non-hydrogen) atoms. The summed E-state index contributed by atoms with van der Waals surface area (Å²) in [4.78, 5) is 2.40. The molecule has 0 amide bonds. The number of para-hydroxylation sites is 1. The summed E-state index contributed by atoms with van der Waals surface area (Å²) in [6.07, 6.45) is 3.04. The van der Waals surface area contributed by atoms with Gasteiger partial charge in [-0.15, -0.1) is 0 Å². The van der Waals surface area contributed by atoms with Gasteiger partial charge >= 0.3 is 0 Å². The number of hydrogen-bond donors (Lipinski definition) is 2. The summed E-state index contributed by atoms with van der Waals surface area (Å²) in [6.45, 7) is 2.91. The molecule has 0 saturated carbocycles. The van der Waals surface area contributed by atoms with Gasteiger partial charge in [0.05, 0.1) is 12.1 Å². The molecule has 0 bridgehead atoms. The minimum atomic E-state index is -0.192. The number of piperidine rings is 1. The van der Waals surface area contributed by atoms with Crippen LogP contribution in [0.2, 0.25) is 0 Å². The van der Waals surface area contributed by atoms with Gasteiger partial charge < -0.3 is 15.3 Å². The molecule has 3 nitrogen and oxygen atoms in total. The Bertz CT molecular complexity index is 394. The quantitative estimate of drug-likeness (QED) is 0.763. The molecule has 0 unspecified atom stereocenters. The first-order valence-corrected chi connectivity index (χ1v) is 6.59. The van der Waals surface area contributed by atoms with Crippen molar-refractivity contribution in [3.05, 3.63) is 29.8 Å². The SMILES string of the molecule is O[C@H]1CCNC[C@@H]1N1CCCc2ccccc21. The first kappa shape index (κ1) is 11.1. The highest BCUT2D eigenvalue weighted by atomic mass is 16.3. The minimum absolute atomic E-state index is 0.192. The van der Waals surface area contributed by atoms with Crippen LogP contribution in [0.4, 0.5) is 5.69 Å². The first-order chi connectivity index (χ1) is 8.36. The predicted molar refractivity (Wildman–Crippen MR) is 69.4 cm³/mol. The summed E-state index contributed by atoms with van der Waals surface area (Å²) in [5.74, 6) is 0. The van der Waals surface area contributed by atoms with Gasteiger partial charge in [0.15, 0.2) is 0 Å². The fourth-order valence-corrected chi connectivity index (χ4v) is 3.05. The molecule has 1 aromatic rings. The summed E-state index contributed by atoms with van der Waals surface area (Å²) in [7, 11) is 0. The molecule has 92 valence electrons. The van der Waals surface area contributed by atoms with Gasteiger partial charge in [0.25, 0.3) is 0 Å². The van der Waals surface area contributed by atoms with Crippen LogP contribution < -0.4 is 10.2 Å². The second-order valence-corrected chi connectivity index (χ2v) is 5.05. The second-order valence-electron chi connectivity index (χ2n) is 5.05. The van der Waals surface area contributed by atoms with Crippen molar-refractivity contribution in [2.24, 2.45) is 0 Å². The van der Waals surface area contributed by atoms with Gasteiger partial charge in [0.2, 0.25) is 0 Å². The van der Waals surface area contributed by atoms with Crippen molar-refractivity contribution >= 4 is 5.69 Å². The van der Waals surface area contributed by atoms with Crippen molar-refractivity contribution in [3.8, 4) is 0 Å². The number of nitrogens with one attached hydrogen (secondary N) is 1. The van der Waals surface area contributed by atoms with Crippen LogP contribution in [0, 0.1) is 0 Å². The number of aryl methyl sites for hydroxylation is 1. The Balaban J connectivity index is 1.89. The fourth-order valence-electron chi connectivity index (χ4n) is 3.05. The lowest BCUT2D eigenvalue weighted by atomic mass is 9.95. The van der Waals surface area contributed by atoms with Gasteiger partial charge in [0, 0.05) is 18.8 Å². The number of aliphatic hydroxyl groups is 1. The molecule has 1 fully saturated rings. The largest absolute Gasteiger partial charge is 0.391 e. The molecule has 0 radical (unpaired) electrons. The Morgan fingerprint density at radius 2 is 2.18 bits per heavy atom. The highest BCUT2D eigenvalue weighted by Crippen LogP contribution is 2.30. The van der Waals surface area contributed by atoms with E-state index in [0.717, 1.165) is 26.1 Å². The van der Waals surface area contributed by atoms with E-state index in [-0.39, 0.29) is 12.1 Å². The summed E-state index contributed by atoms with van der Waals surface area (Å²) < 4.78 is 0. The van der Waals surface area contributed by atoms with Gasteiger partial charge in [-0.05, 0) is 37.4 Å². The van der Waals surface area contributed by atoms with Crippen molar-refractivity contribution < 1.29 is 5.11 Å². The van der Waals surface area contributed by atoms with E-state index in [2.05, 4.69) is 34.5 Å². The molecule has 3 rings (SSSR count). The molecule has 2 heterocycles. The standard InChI is InChI=1S/C14H20N2O/c17-14-7-8-15-10-13(14)16-9-3-5-11-4-1-2-6-12(11)16/h1-2,4,6,13-15,17H,3,5,7-10H2/t13-,14-/m0/s1. The van der Waals surface area contributed by atoms with Gasteiger partial charge in [-0.2, -0.15) is 0 Å². The van der Waals surface area contributed by atoms with E-state index in [9.17, 15) is 5.11 Å². The third kappa shape index (κ3) is 2.05. The van der Waals surface area contributed by atoms with Crippen LogP contribution in [-0.2, 0) is 6.42 Å².